The highest BCUT2D eigenvalue weighted by Gasteiger charge is 2.27. The third kappa shape index (κ3) is 2.99. The highest BCUT2D eigenvalue weighted by atomic mass is 32.2. The second kappa shape index (κ2) is 6.25. The van der Waals surface area contributed by atoms with E-state index in [2.05, 4.69) is 9.97 Å². The zero-order valence-corrected chi connectivity index (χ0v) is 14.9. The van der Waals surface area contributed by atoms with Gasteiger partial charge in [-0.1, -0.05) is 6.07 Å². The Labute approximate surface area is 151 Å². The van der Waals surface area contributed by atoms with Crippen molar-refractivity contribution < 1.29 is 13.2 Å². The number of primary amides is 1. The molecule has 1 aliphatic rings. The SMILES string of the molecule is NC(=O)c1cc(-c2cccnc2)cc2c(C3CCS(=O)(=O)CC3)c[nH]c12. The minimum Gasteiger partial charge on any atom is -0.366 e. The van der Waals surface area contributed by atoms with Gasteiger partial charge in [0.2, 0.25) is 0 Å². The van der Waals surface area contributed by atoms with Crippen LogP contribution in [0.2, 0.25) is 0 Å². The molecule has 0 radical (unpaired) electrons. The van der Waals surface area contributed by atoms with Crippen molar-refractivity contribution in [3.05, 3.63) is 54.0 Å². The van der Waals surface area contributed by atoms with Crippen LogP contribution in [-0.2, 0) is 9.84 Å². The Morgan fingerprint density at radius 2 is 1.96 bits per heavy atom. The molecule has 1 saturated heterocycles. The fourth-order valence-corrected chi connectivity index (χ4v) is 5.18. The van der Waals surface area contributed by atoms with E-state index in [0.717, 1.165) is 22.1 Å². The number of rotatable bonds is 3. The Hall–Kier alpha value is -2.67. The molecule has 1 aromatic carbocycles. The monoisotopic (exact) mass is 369 g/mol. The molecule has 1 aliphatic heterocycles. The number of nitrogens with two attached hydrogens (primary N) is 1. The van der Waals surface area contributed by atoms with Crippen molar-refractivity contribution in [2.75, 3.05) is 11.5 Å². The summed E-state index contributed by atoms with van der Waals surface area (Å²) in [7, 11) is -2.93. The summed E-state index contributed by atoms with van der Waals surface area (Å²) in [5.74, 6) is 0.0578. The van der Waals surface area contributed by atoms with Crippen LogP contribution < -0.4 is 5.73 Å². The van der Waals surface area contributed by atoms with E-state index in [1.165, 1.54) is 0 Å². The number of nitrogens with one attached hydrogen (secondary N) is 1. The normalized spacial score (nSPS) is 17.4. The maximum atomic E-state index is 12.0. The smallest absolute Gasteiger partial charge is 0.250 e. The van der Waals surface area contributed by atoms with E-state index in [4.69, 9.17) is 5.73 Å². The summed E-state index contributed by atoms with van der Waals surface area (Å²) in [5.41, 5.74) is 9.53. The molecule has 7 heteroatoms. The summed E-state index contributed by atoms with van der Waals surface area (Å²) in [6, 6.07) is 7.56. The number of aromatic nitrogens is 2. The minimum absolute atomic E-state index is 0.150. The van der Waals surface area contributed by atoms with Crippen LogP contribution in [0.4, 0.5) is 0 Å². The number of pyridine rings is 1. The van der Waals surface area contributed by atoms with Gasteiger partial charge in [-0.15, -0.1) is 0 Å². The first-order chi connectivity index (χ1) is 12.4. The van der Waals surface area contributed by atoms with Crippen LogP contribution in [0, 0.1) is 0 Å². The fourth-order valence-electron chi connectivity index (χ4n) is 3.69. The number of nitrogens with zero attached hydrogens (tertiary/aromatic N) is 1. The lowest BCUT2D eigenvalue weighted by atomic mass is 9.91. The average Bonchev–Trinajstić information content (AvgIpc) is 3.05. The van der Waals surface area contributed by atoms with Crippen LogP contribution >= 0.6 is 0 Å². The second-order valence-electron chi connectivity index (χ2n) is 6.72. The summed E-state index contributed by atoms with van der Waals surface area (Å²) in [6.45, 7) is 0. The number of hydrogen-bond donors (Lipinski definition) is 2. The van der Waals surface area contributed by atoms with Gasteiger partial charge in [0.15, 0.2) is 0 Å². The number of carbonyl (C=O) groups excluding carboxylic acids is 1. The third-order valence-electron chi connectivity index (χ3n) is 5.08. The van der Waals surface area contributed by atoms with E-state index >= 15 is 0 Å². The van der Waals surface area contributed by atoms with Gasteiger partial charge in [0.25, 0.3) is 5.91 Å². The number of carbonyl (C=O) groups is 1. The molecule has 0 unspecified atom stereocenters. The van der Waals surface area contributed by atoms with Crippen molar-refractivity contribution in [2.24, 2.45) is 5.73 Å². The van der Waals surface area contributed by atoms with E-state index in [0.29, 0.717) is 23.9 Å². The summed E-state index contributed by atoms with van der Waals surface area (Å²) < 4.78 is 23.5. The van der Waals surface area contributed by atoms with Gasteiger partial charge < -0.3 is 10.7 Å². The van der Waals surface area contributed by atoms with Crippen molar-refractivity contribution in [2.45, 2.75) is 18.8 Å². The summed E-state index contributed by atoms with van der Waals surface area (Å²) in [4.78, 5) is 19.3. The number of amides is 1. The van der Waals surface area contributed by atoms with Crippen LogP contribution in [0.25, 0.3) is 22.0 Å². The highest BCUT2D eigenvalue weighted by Crippen LogP contribution is 2.37. The molecular weight excluding hydrogens is 350 g/mol. The minimum atomic E-state index is -2.93. The van der Waals surface area contributed by atoms with E-state index in [1.54, 1.807) is 18.5 Å². The molecule has 0 atom stereocenters. The Bertz CT molecular complexity index is 1070. The molecule has 1 amide bonds. The number of fused-ring (bicyclic) bond motifs is 1. The molecule has 134 valence electrons. The van der Waals surface area contributed by atoms with E-state index in [1.807, 2.05) is 24.4 Å². The zero-order chi connectivity index (χ0) is 18.3. The van der Waals surface area contributed by atoms with Gasteiger partial charge in [-0.3, -0.25) is 9.78 Å². The number of H-pyrrole nitrogens is 1. The van der Waals surface area contributed by atoms with Gasteiger partial charge >= 0.3 is 0 Å². The lowest BCUT2D eigenvalue weighted by Gasteiger charge is -2.21. The van der Waals surface area contributed by atoms with Crippen molar-refractivity contribution >= 4 is 26.6 Å². The molecule has 1 fully saturated rings. The van der Waals surface area contributed by atoms with E-state index in [9.17, 15) is 13.2 Å². The summed E-state index contributed by atoms with van der Waals surface area (Å²) in [5, 5.41) is 0.921. The van der Waals surface area contributed by atoms with Crippen LogP contribution in [0.15, 0.2) is 42.9 Å². The molecule has 0 bridgehead atoms. The maximum Gasteiger partial charge on any atom is 0.250 e. The lowest BCUT2D eigenvalue weighted by Crippen LogP contribution is -2.22. The zero-order valence-electron chi connectivity index (χ0n) is 14.1. The molecular formula is C19H19N3O3S. The first-order valence-electron chi connectivity index (χ1n) is 8.50. The largest absolute Gasteiger partial charge is 0.366 e. The molecule has 3 heterocycles. The Morgan fingerprint density at radius 3 is 2.62 bits per heavy atom. The molecule has 3 aromatic rings. The Kier molecular flexibility index (Phi) is 4.03. The predicted molar refractivity (Wildman–Crippen MR) is 101 cm³/mol. The maximum absolute atomic E-state index is 12.0. The van der Waals surface area contributed by atoms with Crippen molar-refractivity contribution in [3.63, 3.8) is 0 Å². The highest BCUT2D eigenvalue weighted by molar-refractivity contribution is 7.91. The van der Waals surface area contributed by atoms with Gasteiger partial charge in [-0.25, -0.2) is 8.42 Å². The third-order valence-corrected chi connectivity index (χ3v) is 6.79. The summed E-state index contributed by atoms with van der Waals surface area (Å²) in [6.07, 6.45) is 6.51. The lowest BCUT2D eigenvalue weighted by molar-refractivity contribution is 0.100. The molecule has 3 N–H and O–H groups in total. The average molecular weight is 369 g/mol. The molecule has 4 rings (SSSR count). The molecule has 0 saturated carbocycles. The molecule has 26 heavy (non-hydrogen) atoms. The van der Waals surface area contributed by atoms with E-state index < -0.39 is 15.7 Å². The van der Waals surface area contributed by atoms with Crippen LogP contribution in [0.5, 0.6) is 0 Å². The van der Waals surface area contributed by atoms with Gasteiger partial charge in [0.1, 0.15) is 9.84 Å². The van der Waals surface area contributed by atoms with Gasteiger partial charge in [-0.2, -0.15) is 0 Å². The quantitative estimate of drug-likeness (QED) is 0.740. The van der Waals surface area contributed by atoms with Crippen LogP contribution in [0.3, 0.4) is 0 Å². The Morgan fingerprint density at radius 1 is 1.19 bits per heavy atom. The van der Waals surface area contributed by atoms with Crippen molar-refractivity contribution in [1.29, 1.82) is 0 Å². The van der Waals surface area contributed by atoms with Crippen molar-refractivity contribution in [3.8, 4) is 11.1 Å². The van der Waals surface area contributed by atoms with Gasteiger partial charge in [-0.05, 0) is 48.1 Å². The van der Waals surface area contributed by atoms with Gasteiger partial charge in [0.05, 0.1) is 22.6 Å². The number of sulfone groups is 1. The Balaban J connectivity index is 1.86. The summed E-state index contributed by atoms with van der Waals surface area (Å²) >= 11 is 0. The standard InChI is InChI=1S/C19H19N3O3S/c20-19(23)16-9-14(13-2-1-5-21-10-13)8-15-17(11-22-18(15)16)12-3-6-26(24,25)7-4-12/h1-2,5,8-12,22H,3-4,6-7H2,(H2,20,23). The fraction of sp³-hybridized carbons (Fsp3) is 0.263. The molecule has 2 aromatic heterocycles. The van der Waals surface area contributed by atoms with Crippen LogP contribution in [0.1, 0.15) is 34.7 Å². The number of benzene rings is 1. The molecule has 6 nitrogen and oxygen atoms in total. The first-order valence-corrected chi connectivity index (χ1v) is 10.3. The van der Waals surface area contributed by atoms with Gasteiger partial charge in [0, 0.05) is 29.5 Å². The molecule has 0 spiro atoms. The van der Waals surface area contributed by atoms with Crippen LogP contribution in [-0.4, -0.2) is 35.8 Å². The number of aromatic amines is 1. The second-order valence-corrected chi connectivity index (χ2v) is 9.03. The van der Waals surface area contributed by atoms with E-state index in [-0.39, 0.29) is 17.4 Å². The first kappa shape index (κ1) is 16.8. The number of hydrogen-bond acceptors (Lipinski definition) is 4. The predicted octanol–water partition coefficient (Wildman–Crippen LogP) is 2.62. The van der Waals surface area contributed by atoms with Crippen molar-refractivity contribution in [1.82, 2.24) is 9.97 Å². The topological polar surface area (TPSA) is 106 Å². The molecule has 0 aliphatic carbocycles.